The first-order valence-corrected chi connectivity index (χ1v) is 7.78. The van der Waals surface area contributed by atoms with Crippen LogP contribution in [0.2, 0.25) is 0 Å². The number of hydrogen-bond acceptors (Lipinski definition) is 2. The Kier molecular flexibility index (Phi) is 4.14. The third-order valence-electron chi connectivity index (χ3n) is 3.91. The molecule has 0 aliphatic carbocycles. The number of nitrogens with one attached hydrogen (secondary N) is 1. The van der Waals surface area contributed by atoms with Crippen molar-refractivity contribution in [2.45, 2.75) is 32.8 Å². The molecule has 0 saturated carbocycles. The highest BCUT2D eigenvalue weighted by molar-refractivity contribution is 5.56. The Morgan fingerprint density at radius 3 is 2.71 bits per heavy atom. The van der Waals surface area contributed by atoms with Gasteiger partial charge in [0.2, 0.25) is 0 Å². The van der Waals surface area contributed by atoms with Gasteiger partial charge in [-0.2, -0.15) is 0 Å². The van der Waals surface area contributed by atoms with E-state index in [0.29, 0.717) is 5.92 Å². The molecule has 0 amide bonds. The second-order valence-electron chi connectivity index (χ2n) is 6.13. The van der Waals surface area contributed by atoms with E-state index in [1.165, 1.54) is 16.8 Å². The topological polar surface area (TPSA) is 21.3 Å². The van der Waals surface area contributed by atoms with E-state index in [1.807, 2.05) is 0 Å². The van der Waals surface area contributed by atoms with Crippen LogP contribution in [0.5, 0.6) is 5.75 Å². The van der Waals surface area contributed by atoms with Gasteiger partial charge in [-0.1, -0.05) is 30.3 Å². The highest BCUT2D eigenvalue weighted by atomic mass is 16.5. The zero-order valence-electron chi connectivity index (χ0n) is 12.8. The predicted octanol–water partition coefficient (Wildman–Crippen LogP) is 4.30. The maximum absolute atomic E-state index is 5.81. The normalized spacial score (nSPS) is 17.2. The van der Waals surface area contributed by atoms with E-state index in [2.05, 4.69) is 67.7 Å². The minimum Gasteiger partial charge on any atom is -0.491 e. The molecule has 2 heteroatoms. The molecule has 1 unspecified atom stereocenters. The van der Waals surface area contributed by atoms with Crippen molar-refractivity contribution in [1.29, 1.82) is 0 Å². The van der Waals surface area contributed by atoms with E-state index in [-0.39, 0.29) is 6.10 Å². The van der Waals surface area contributed by atoms with E-state index in [0.717, 1.165) is 25.1 Å². The summed E-state index contributed by atoms with van der Waals surface area (Å²) in [6, 6.07) is 17.1. The van der Waals surface area contributed by atoms with Crippen LogP contribution < -0.4 is 10.1 Å². The largest absolute Gasteiger partial charge is 0.491 e. The van der Waals surface area contributed by atoms with Crippen LogP contribution in [-0.4, -0.2) is 12.6 Å². The number of hydrogen-bond donors (Lipinski definition) is 1. The maximum Gasteiger partial charge on any atom is 0.120 e. The van der Waals surface area contributed by atoms with Crippen molar-refractivity contribution < 1.29 is 4.74 Å². The van der Waals surface area contributed by atoms with Crippen molar-refractivity contribution in [3.05, 3.63) is 59.7 Å². The molecule has 0 bridgehead atoms. The summed E-state index contributed by atoms with van der Waals surface area (Å²) in [4.78, 5) is 0. The first kappa shape index (κ1) is 14.0. The van der Waals surface area contributed by atoms with Crippen molar-refractivity contribution in [1.82, 2.24) is 0 Å². The lowest BCUT2D eigenvalue weighted by Gasteiger charge is -2.27. The number of ether oxygens (including phenoxy) is 1. The second-order valence-corrected chi connectivity index (χ2v) is 6.13. The minimum atomic E-state index is 0.222. The lowest BCUT2D eigenvalue weighted by molar-refractivity contribution is 0.242. The molecule has 1 aliphatic rings. The maximum atomic E-state index is 5.81. The van der Waals surface area contributed by atoms with Crippen LogP contribution in [0.25, 0.3) is 0 Å². The molecule has 0 radical (unpaired) electrons. The zero-order valence-corrected chi connectivity index (χ0v) is 12.8. The fourth-order valence-electron chi connectivity index (χ4n) is 2.99. The molecule has 2 nitrogen and oxygen atoms in total. The SMILES string of the molecule is CC(C)Oc1ccc2c(c1)CC(Cc1ccccc1)CN2. The molecule has 0 saturated heterocycles. The Bertz CT molecular complexity index is 592. The summed E-state index contributed by atoms with van der Waals surface area (Å²) in [5.41, 5.74) is 4.05. The summed E-state index contributed by atoms with van der Waals surface area (Å²) >= 11 is 0. The average molecular weight is 281 g/mol. The molecular formula is C19H23NO. The molecule has 1 atom stereocenters. The molecule has 0 aromatic heterocycles. The van der Waals surface area contributed by atoms with Gasteiger partial charge in [-0.05, 0) is 61.9 Å². The Hall–Kier alpha value is -1.96. The molecule has 0 fully saturated rings. The van der Waals surface area contributed by atoms with Gasteiger partial charge in [-0.15, -0.1) is 0 Å². The fraction of sp³-hybridized carbons (Fsp3) is 0.368. The first-order chi connectivity index (χ1) is 10.2. The van der Waals surface area contributed by atoms with Crippen molar-refractivity contribution in [2.75, 3.05) is 11.9 Å². The summed E-state index contributed by atoms with van der Waals surface area (Å²) in [6.07, 6.45) is 2.47. The van der Waals surface area contributed by atoms with Gasteiger partial charge in [0.25, 0.3) is 0 Å². The predicted molar refractivity (Wildman–Crippen MR) is 88.0 cm³/mol. The van der Waals surface area contributed by atoms with Gasteiger partial charge in [0, 0.05) is 12.2 Å². The second kappa shape index (κ2) is 6.21. The van der Waals surface area contributed by atoms with Crippen LogP contribution in [0, 0.1) is 5.92 Å². The summed E-state index contributed by atoms with van der Waals surface area (Å²) in [5.74, 6) is 1.63. The molecule has 1 N–H and O–H groups in total. The minimum absolute atomic E-state index is 0.222. The van der Waals surface area contributed by atoms with Crippen molar-refractivity contribution in [3.8, 4) is 5.75 Å². The van der Waals surface area contributed by atoms with Crippen molar-refractivity contribution >= 4 is 5.69 Å². The van der Waals surface area contributed by atoms with E-state index in [9.17, 15) is 0 Å². The molecule has 110 valence electrons. The summed E-state index contributed by atoms with van der Waals surface area (Å²) in [5, 5.41) is 3.56. The molecule has 2 aromatic carbocycles. The fourth-order valence-corrected chi connectivity index (χ4v) is 2.99. The Morgan fingerprint density at radius 1 is 1.14 bits per heavy atom. The molecule has 3 rings (SSSR count). The summed E-state index contributed by atoms with van der Waals surface area (Å²) < 4.78 is 5.81. The smallest absolute Gasteiger partial charge is 0.120 e. The van der Waals surface area contributed by atoms with Gasteiger partial charge >= 0.3 is 0 Å². The quantitative estimate of drug-likeness (QED) is 0.902. The van der Waals surface area contributed by atoms with Gasteiger partial charge in [0.15, 0.2) is 0 Å². The highest BCUT2D eigenvalue weighted by Gasteiger charge is 2.19. The van der Waals surface area contributed by atoms with E-state index in [1.54, 1.807) is 0 Å². The van der Waals surface area contributed by atoms with E-state index < -0.39 is 0 Å². The van der Waals surface area contributed by atoms with Crippen LogP contribution in [0.3, 0.4) is 0 Å². The molecule has 0 spiro atoms. The van der Waals surface area contributed by atoms with Crippen LogP contribution in [0.4, 0.5) is 5.69 Å². The molecule has 21 heavy (non-hydrogen) atoms. The number of anilines is 1. The summed E-state index contributed by atoms with van der Waals surface area (Å²) in [7, 11) is 0. The third-order valence-corrected chi connectivity index (χ3v) is 3.91. The Balaban J connectivity index is 1.71. The Morgan fingerprint density at radius 2 is 1.95 bits per heavy atom. The van der Waals surface area contributed by atoms with E-state index >= 15 is 0 Å². The molecule has 2 aromatic rings. The highest BCUT2D eigenvalue weighted by Crippen LogP contribution is 2.30. The van der Waals surface area contributed by atoms with Gasteiger partial charge in [0.05, 0.1) is 6.10 Å². The lowest BCUT2D eigenvalue weighted by atomic mass is 9.89. The number of fused-ring (bicyclic) bond motifs is 1. The van der Waals surface area contributed by atoms with Crippen LogP contribution in [0.15, 0.2) is 48.5 Å². The summed E-state index contributed by atoms with van der Waals surface area (Å²) in [6.45, 7) is 5.18. The van der Waals surface area contributed by atoms with Crippen LogP contribution in [0.1, 0.15) is 25.0 Å². The number of rotatable bonds is 4. The van der Waals surface area contributed by atoms with E-state index in [4.69, 9.17) is 4.74 Å². The van der Waals surface area contributed by atoms with Gasteiger partial charge in [-0.25, -0.2) is 0 Å². The first-order valence-electron chi connectivity index (χ1n) is 7.78. The van der Waals surface area contributed by atoms with Crippen LogP contribution >= 0.6 is 0 Å². The van der Waals surface area contributed by atoms with Gasteiger partial charge in [0.1, 0.15) is 5.75 Å². The molecule has 1 heterocycles. The van der Waals surface area contributed by atoms with Crippen LogP contribution in [-0.2, 0) is 12.8 Å². The van der Waals surface area contributed by atoms with Gasteiger partial charge in [-0.3, -0.25) is 0 Å². The standard InChI is InChI=1S/C19H23NO/c1-14(2)21-18-8-9-19-17(12-18)11-16(13-20-19)10-15-6-4-3-5-7-15/h3-9,12,14,16,20H,10-11,13H2,1-2H3. The average Bonchev–Trinajstić information content (AvgIpc) is 2.47. The third kappa shape index (κ3) is 3.57. The lowest BCUT2D eigenvalue weighted by Crippen LogP contribution is -2.25. The Labute approximate surface area is 127 Å². The van der Waals surface area contributed by atoms with Crippen molar-refractivity contribution in [2.24, 2.45) is 5.92 Å². The molecular weight excluding hydrogens is 258 g/mol. The monoisotopic (exact) mass is 281 g/mol. The molecule has 1 aliphatic heterocycles. The number of benzene rings is 2. The van der Waals surface area contributed by atoms with Crippen molar-refractivity contribution in [3.63, 3.8) is 0 Å². The zero-order chi connectivity index (χ0) is 14.7. The van der Waals surface area contributed by atoms with Gasteiger partial charge < -0.3 is 10.1 Å².